The lowest BCUT2D eigenvalue weighted by Gasteiger charge is -2.10. The number of nitrogens with zero attached hydrogens (tertiary/aromatic N) is 2. The first-order valence-corrected chi connectivity index (χ1v) is 8.22. The highest BCUT2D eigenvalue weighted by Crippen LogP contribution is 2.25. The zero-order valence-electron chi connectivity index (χ0n) is 14.1. The number of carbonyl (C=O) groups excluding carboxylic acids is 1. The number of hydrogen-bond donors (Lipinski definition) is 2. The van der Waals surface area contributed by atoms with E-state index in [1.54, 1.807) is 29.1 Å². The van der Waals surface area contributed by atoms with Crippen molar-refractivity contribution in [1.82, 2.24) is 9.78 Å². The number of amides is 2. The molecule has 2 heterocycles. The maximum atomic E-state index is 13.0. The van der Waals surface area contributed by atoms with Gasteiger partial charge in [-0.15, -0.1) is 0 Å². The summed E-state index contributed by atoms with van der Waals surface area (Å²) in [5, 5.41) is 9.95. The van der Waals surface area contributed by atoms with E-state index in [2.05, 4.69) is 15.7 Å². The molecule has 134 valence electrons. The second-order valence-electron chi connectivity index (χ2n) is 5.73. The van der Waals surface area contributed by atoms with E-state index < -0.39 is 6.03 Å². The van der Waals surface area contributed by atoms with E-state index in [4.69, 9.17) is 4.42 Å². The molecule has 0 aliphatic carbocycles. The molecule has 0 fully saturated rings. The fraction of sp³-hybridized carbons (Fsp3) is 0. The summed E-state index contributed by atoms with van der Waals surface area (Å²) in [7, 11) is 0. The van der Waals surface area contributed by atoms with Gasteiger partial charge in [-0.1, -0.05) is 18.2 Å². The quantitative estimate of drug-likeness (QED) is 0.541. The van der Waals surface area contributed by atoms with Crippen molar-refractivity contribution in [2.24, 2.45) is 0 Å². The molecule has 2 aromatic heterocycles. The average molecular weight is 362 g/mol. The third-order valence-corrected chi connectivity index (χ3v) is 3.83. The monoisotopic (exact) mass is 362 g/mol. The Morgan fingerprint density at radius 2 is 1.74 bits per heavy atom. The maximum Gasteiger partial charge on any atom is 0.324 e. The maximum absolute atomic E-state index is 13.0. The molecule has 4 rings (SSSR count). The number of furan rings is 1. The summed E-state index contributed by atoms with van der Waals surface area (Å²) in [4.78, 5) is 12.4. The van der Waals surface area contributed by atoms with Crippen molar-refractivity contribution >= 4 is 17.5 Å². The Morgan fingerprint density at radius 1 is 0.963 bits per heavy atom. The third kappa shape index (κ3) is 3.72. The van der Waals surface area contributed by atoms with E-state index in [-0.39, 0.29) is 5.82 Å². The Labute approximate surface area is 154 Å². The minimum absolute atomic E-state index is 0.369. The number of halogens is 1. The number of urea groups is 1. The number of rotatable bonds is 4. The van der Waals surface area contributed by atoms with Crippen molar-refractivity contribution in [3.05, 3.63) is 84.9 Å². The van der Waals surface area contributed by atoms with Crippen molar-refractivity contribution in [2.45, 2.75) is 0 Å². The number of benzene rings is 2. The highest BCUT2D eigenvalue weighted by molar-refractivity contribution is 5.99. The third-order valence-electron chi connectivity index (χ3n) is 3.83. The molecule has 0 spiro atoms. The van der Waals surface area contributed by atoms with Crippen LogP contribution in [0, 0.1) is 5.82 Å². The standard InChI is InChI=1S/C20H15FN4O2/c21-14-8-10-15(11-9-14)22-20(26)23-19-13-17(18-7-4-12-27-18)24-25(19)16-5-2-1-3-6-16/h1-13H,(H2,22,23,26). The number of nitrogens with one attached hydrogen (secondary N) is 2. The molecule has 2 aromatic carbocycles. The molecule has 2 N–H and O–H groups in total. The molecule has 0 aliphatic heterocycles. The van der Waals surface area contributed by atoms with Gasteiger partial charge in [-0.2, -0.15) is 5.10 Å². The summed E-state index contributed by atoms with van der Waals surface area (Å²) < 4.78 is 20.0. The lowest BCUT2D eigenvalue weighted by molar-refractivity contribution is 0.262. The zero-order valence-corrected chi connectivity index (χ0v) is 14.1. The first-order chi connectivity index (χ1) is 13.2. The van der Waals surface area contributed by atoms with E-state index >= 15 is 0 Å². The van der Waals surface area contributed by atoms with Crippen LogP contribution < -0.4 is 10.6 Å². The minimum atomic E-state index is -0.468. The van der Waals surface area contributed by atoms with Crippen LogP contribution in [0.2, 0.25) is 0 Å². The summed E-state index contributed by atoms with van der Waals surface area (Å²) in [5.41, 5.74) is 1.85. The van der Waals surface area contributed by atoms with Crippen molar-refractivity contribution in [3.8, 4) is 17.1 Å². The predicted octanol–water partition coefficient (Wildman–Crippen LogP) is 4.92. The van der Waals surface area contributed by atoms with E-state index in [0.717, 1.165) is 5.69 Å². The molecule has 0 radical (unpaired) electrons. The number of carbonyl (C=O) groups is 1. The Bertz CT molecular complexity index is 1040. The number of anilines is 2. The van der Waals surface area contributed by atoms with Gasteiger partial charge in [-0.05, 0) is 48.5 Å². The summed E-state index contributed by atoms with van der Waals surface area (Å²) in [5.74, 6) is 0.685. The largest absolute Gasteiger partial charge is 0.463 e. The van der Waals surface area contributed by atoms with E-state index in [0.29, 0.717) is 23.0 Å². The molecule has 6 nitrogen and oxygen atoms in total. The first-order valence-electron chi connectivity index (χ1n) is 8.22. The Morgan fingerprint density at radius 3 is 2.44 bits per heavy atom. The summed E-state index contributed by atoms with van der Waals surface area (Å²) >= 11 is 0. The van der Waals surface area contributed by atoms with Gasteiger partial charge in [0.1, 0.15) is 17.3 Å². The van der Waals surface area contributed by atoms with Crippen molar-refractivity contribution < 1.29 is 13.6 Å². The van der Waals surface area contributed by atoms with Crippen LogP contribution in [0.4, 0.5) is 20.7 Å². The Balaban J connectivity index is 1.62. The average Bonchev–Trinajstić information content (AvgIpc) is 3.34. The van der Waals surface area contributed by atoms with Crippen molar-refractivity contribution in [3.63, 3.8) is 0 Å². The fourth-order valence-electron chi connectivity index (χ4n) is 2.59. The molecule has 0 saturated heterocycles. The number of aromatic nitrogens is 2. The number of para-hydroxylation sites is 1. The number of hydrogen-bond acceptors (Lipinski definition) is 3. The molecule has 2 amide bonds. The van der Waals surface area contributed by atoms with Crippen LogP contribution >= 0.6 is 0 Å². The minimum Gasteiger partial charge on any atom is -0.463 e. The summed E-state index contributed by atoms with van der Waals surface area (Å²) in [6.45, 7) is 0. The molecule has 4 aromatic rings. The molecule has 0 saturated carbocycles. The van der Waals surface area contributed by atoms with Gasteiger partial charge in [0.05, 0.1) is 12.0 Å². The Hall–Kier alpha value is -3.87. The van der Waals surface area contributed by atoms with E-state index in [1.165, 1.54) is 24.3 Å². The second kappa shape index (κ2) is 7.17. The molecular weight excluding hydrogens is 347 g/mol. The van der Waals surface area contributed by atoms with Gasteiger partial charge < -0.3 is 9.73 Å². The smallest absolute Gasteiger partial charge is 0.324 e. The highest BCUT2D eigenvalue weighted by atomic mass is 19.1. The predicted molar refractivity (Wildman–Crippen MR) is 100 cm³/mol. The molecule has 0 bridgehead atoms. The van der Waals surface area contributed by atoms with Gasteiger partial charge in [-0.3, -0.25) is 5.32 Å². The van der Waals surface area contributed by atoms with Crippen molar-refractivity contribution in [2.75, 3.05) is 10.6 Å². The van der Waals surface area contributed by atoms with Gasteiger partial charge >= 0.3 is 6.03 Å². The van der Waals surface area contributed by atoms with Gasteiger partial charge in [-0.25, -0.2) is 13.9 Å². The normalized spacial score (nSPS) is 10.6. The van der Waals surface area contributed by atoms with E-state index in [1.807, 2.05) is 30.3 Å². The molecule has 0 aliphatic rings. The van der Waals surface area contributed by atoms with Gasteiger partial charge in [0.2, 0.25) is 0 Å². The van der Waals surface area contributed by atoms with Gasteiger partial charge in [0.15, 0.2) is 5.76 Å². The summed E-state index contributed by atoms with van der Waals surface area (Å²) in [6.07, 6.45) is 1.56. The molecule has 0 unspecified atom stereocenters. The van der Waals surface area contributed by atoms with Crippen molar-refractivity contribution in [1.29, 1.82) is 0 Å². The first kappa shape index (κ1) is 16.6. The molecule has 27 heavy (non-hydrogen) atoms. The van der Waals surface area contributed by atoms with Crippen LogP contribution in [-0.4, -0.2) is 15.8 Å². The van der Waals surface area contributed by atoms with Crippen LogP contribution in [0.5, 0.6) is 0 Å². The highest BCUT2D eigenvalue weighted by Gasteiger charge is 2.15. The van der Waals surface area contributed by atoms with Crippen LogP contribution in [0.3, 0.4) is 0 Å². The fourth-order valence-corrected chi connectivity index (χ4v) is 2.59. The molecule has 0 atom stereocenters. The topological polar surface area (TPSA) is 72.1 Å². The van der Waals surface area contributed by atoms with Gasteiger partial charge in [0, 0.05) is 11.8 Å². The molecular formula is C20H15FN4O2. The zero-order chi connectivity index (χ0) is 18.6. The lowest BCUT2D eigenvalue weighted by Crippen LogP contribution is -2.21. The molecule has 7 heteroatoms. The van der Waals surface area contributed by atoms with Gasteiger partial charge in [0.25, 0.3) is 0 Å². The lowest BCUT2D eigenvalue weighted by atomic mass is 10.3. The van der Waals surface area contributed by atoms with E-state index in [9.17, 15) is 9.18 Å². The van der Waals surface area contributed by atoms with Crippen LogP contribution in [0.25, 0.3) is 17.1 Å². The Kier molecular flexibility index (Phi) is 4.40. The van der Waals surface area contributed by atoms with Crippen LogP contribution in [0.15, 0.2) is 83.5 Å². The second-order valence-corrected chi connectivity index (χ2v) is 5.73. The van der Waals surface area contributed by atoms with Crippen LogP contribution in [-0.2, 0) is 0 Å². The summed E-state index contributed by atoms with van der Waals surface area (Å²) in [6, 6.07) is 19.7. The van der Waals surface area contributed by atoms with Crippen LogP contribution in [0.1, 0.15) is 0 Å². The SMILES string of the molecule is O=C(Nc1ccc(F)cc1)Nc1cc(-c2ccco2)nn1-c1ccccc1.